The number of rotatable bonds is 7. The zero-order chi connectivity index (χ0) is 29.4. The molecular formula is C19H29N7O12S2-2. The smallest absolute Gasteiger partial charge is 0.346 e. The molecule has 0 saturated carbocycles. The molecule has 4 N–H and O–H groups in total. The minimum atomic E-state index is -5.02. The highest BCUT2D eigenvalue weighted by atomic mass is 32.3. The molecule has 5 fully saturated rings. The lowest BCUT2D eigenvalue weighted by molar-refractivity contribution is -0.127. The molecule has 21 heteroatoms. The highest BCUT2D eigenvalue weighted by Crippen LogP contribution is 2.31. The van der Waals surface area contributed by atoms with E-state index in [-0.39, 0.29) is 25.0 Å². The van der Waals surface area contributed by atoms with Gasteiger partial charge in [0.15, 0.2) is 0 Å². The summed E-state index contributed by atoms with van der Waals surface area (Å²) in [5.41, 5.74) is 5.11. The van der Waals surface area contributed by atoms with Gasteiger partial charge in [-0.2, -0.15) is 18.7 Å². The van der Waals surface area contributed by atoms with Crippen LogP contribution in [0.25, 0.3) is 0 Å². The third-order valence-corrected chi connectivity index (χ3v) is 7.99. The van der Waals surface area contributed by atoms with Gasteiger partial charge in [0.2, 0.25) is 32.6 Å². The van der Waals surface area contributed by atoms with Crippen molar-refractivity contribution >= 4 is 44.7 Å². The highest BCUT2D eigenvalue weighted by molar-refractivity contribution is 7.81. The van der Waals surface area contributed by atoms with Gasteiger partial charge >= 0.3 is 12.1 Å². The fourth-order valence-corrected chi connectivity index (χ4v) is 6.25. The number of hydroxylamine groups is 4. The average Bonchev–Trinajstić information content (AvgIpc) is 3.23. The van der Waals surface area contributed by atoms with E-state index in [9.17, 15) is 45.1 Å². The highest BCUT2D eigenvalue weighted by Gasteiger charge is 2.49. The summed E-state index contributed by atoms with van der Waals surface area (Å²) in [6.45, 7) is 1.98. The Morgan fingerprint density at radius 2 is 1.25 bits per heavy atom. The van der Waals surface area contributed by atoms with E-state index in [1.807, 2.05) is 0 Å². The third kappa shape index (κ3) is 6.90. The summed E-state index contributed by atoms with van der Waals surface area (Å²) in [6.07, 6.45) is 3.15. The summed E-state index contributed by atoms with van der Waals surface area (Å²) in [5, 5.41) is 7.23. The quantitative estimate of drug-likeness (QED) is 0.188. The number of carbonyl (C=O) groups is 4. The van der Waals surface area contributed by atoms with Crippen LogP contribution < -0.4 is 16.4 Å². The van der Waals surface area contributed by atoms with E-state index in [1.165, 1.54) is 4.90 Å². The molecule has 0 aromatic heterocycles. The van der Waals surface area contributed by atoms with Crippen LogP contribution in [0.1, 0.15) is 38.5 Å². The second-order valence-electron chi connectivity index (χ2n) is 9.92. The molecule has 40 heavy (non-hydrogen) atoms. The second kappa shape index (κ2) is 11.6. The Morgan fingerprint density at radius 3 is 1.70 bits per heavy atom. The molecule has 0 aromatic carbocycles. The van der Waals surface area contributed by atoms with Crippen molar-refractivity contribution < 1.29 is 53.7 Å². The van der Waals surface area contributed by atoms with Gasteiger partial charge in [0.05, 0.1) is 12.1 Å². The summed E-state index contributed by atoms with van der Waals surface area (Å²) in [4.78, 5) is 49.8. The lowest BCUT2D eigenvalue weighted by Crippen LogP contribution is -2.53. The Balaban J connectivity index is 0.000000194. The van der Waals surface area contributed by atoms with Gasteiger partial charge in [-0.1, -0.05) is 0 Å². The molecule has 6 amide bonds. The zero-order valence-electron chi connectivity index (χ0n) is 21.0. The number of fused-ring (bicyclic) bond motifs is 4. The summed E-state index contributed by atoms with van der Waals surface area (Å²) >= 11 is 0. The van der Waals surface area contributed by atoms with Gasteiger partial charge < -0.3 is 35.3 Å². The molecule has 0 unspecified atom stereocenters. The Bertz CT molecular complexity index is 1240. The van der Waals surface area contributed by atoms with Gasteiger partial charge in [-0.25, -0.2) is 26.4 Å². The maximum Gasteiger partial charge on any atom is 0.346 e. The van der Waals surface area contributed by atoms with Gasteiger partial charge in [0.1, 0.15) is 12.1 Å². The number of primary amides is 1. The van der Waals surface area contributed by atoms with Crippen LogP contribution in [0.4, 0.5) is 9.59 Å². The Hall–Kier alpha value is -2.82. The van der Waals surface area contributed by atoms with E-state index in [0.29, 0.717) is 35.8 Å². The maximum atomic E-state index is 12.4. The van der Waals surface area contributed by atoms with Crippen molar-refractivity contribution in [1.82, 2.24) is 30.6 Å². The third-order valence-electron chi connectivity index (χ3n) is 7.31. The number of nitrogens with one attached hydrogen (secondary N) is 2. The van der Waals surface area contributed by atoms with E-state index in [4.69, 9.17) is 5.73 Å². The molecular weight excluding hydrogens is 582 g/mol. The van der Waals surface area contributed by atoms with Gasteiger partial charge in [-0.3, -0.25) is 9.59 Å². The fraction of sp³-hybridized carbons (Fsp3) is 0.789. The largest absolute Gasteiger partial charge is 0.724 e. The monoisotopic (exact) mass is 611 g/mol. The average molecular weight is 612 g/mol. The van der Waals surface area contributed by atoms with E-state index in [0.717, 1.165) is 30.8 Å². The number of amides is 6. The number of nitrogens with two attached hydrogens (primary N) is 1. The first kappa shape index (κ1) is 30.1. The van der Waals surface area contributed by atoms with E-state index in [2.05, 4.69) is 19.2 Å². The predicted octanol–water partition coefficient (Wildman–Crippen LogP) is -3.35. The lowest BCUT2D eigenvalue weighted by atomic mass is 9.99. The molecule has 4 bridgehead atoms. The van der Waals surface area contributed by atoms with Crippen LogP contribution in [0.2, 0.25) is 0 Å². The van der Waals surface area contributed by atoms with Crippen molar-refractivity contribution in [3.8, 4) is 0 Å². The minimum absolute atomic E-state index is 0.0774. The summed E-state index contributed by atoms with van der Waals surface area (Å²) < 4.78 is 71.8. The SMILES string of the molecule is NC(=O)[C@@H]1CC[C@@H]2CN1C(=O)N2OS(=O)(=O)[O-].O=C(NC1CCNCC1)[C@@H]1CC[C@@H]2CN1C(=O)N2OS(=O)(=O)[O-]. The second-order valence-corrected chi connectivity index (χ2v) is 11.8. The van der Waals surface area contributed by atoms with Crippen LogP contribution in [0.3, 0.4) is 0 Å². The molecule has 5 saturated heterocycles. The predicted molar refractivity (Wildman–Crippen MR) is 126 cm³/mol. The van der Waals surface area contributed by atoms with Crippen molar-refractivity contribution in [3.63, 3.8) is 0 Å². The Morgan fingerprint density at radius 1 is 0.800 bits per heavy atom. The standard InChI is InChI=1S/C12H20N4O6S.C7H11N3O6S/c17-11(14-8-3-5-13-6-4-8)10-2-1-9-7-15(10)12(18)16(9)22-23(19,20)21;8-6(11)5-2-1-4-3-9(5)7(12)10(4)16-17(13,14)15/h8-10,13H,1-7H2,(H,14,17)(H,19,20,21);4-5H,1-3H2,(H2,8,11)(H,13,14,15)/p-2/t9-,10+;4-,5+/m11/s1. The van der Waals surface area contributed by atoms with Gasteiger partial charge in [0, 0.05) is 19.1 Å². The first-order valence-corrected chi connectivity index (χ1v) is 15.1. The first-order valence-electron chi connectivity index (χ1n) is 12.5. The van der Waals surface area contributed by atoms with Crippen molar-refractivity contribution in [3.05, 3.63) is 0 Å². The number of carbonyl (C=O) groups excluding carboxylic acids is 4. The molecule has 5 heterocycles. The molecule has 5 aliphatic heterocycles. The summed E-state index contributed by atoms with van der Waals surface area (Å²) in [6, 6.07) is -3.99. The number of piperidine rings is 3. The van der Waals surface area contributed by atoms with Gasteiger partial charge in [0.25, 0.3) is 0 Å². The van der Waals surface area contributed by atoms with Crippen LogP contribution in [-0.4, -0.2) is 126 Å². The molecule has 0 aliphatic carbocycles. The van der Waals surface area contributed by atoms with Crippen LogP contribution in [0, 0.1) is 0 Å². The molecule has 4 atom stereocenters. The van der Waals surface area contributed by atoms with E-state index >= 15 is 0 Å². The van der Waals surface area contributed by atoms with Gasteiger partial charge in [-0.05, 0) is 51.6 Å². The molecule has 0 spiro atoms. The van der Waals surface area contributed by atoms with E-state index in [1.54, 1.807) is 0 Å². The number of urea groups is 2. The molecule has 5 aliphatic rings. The Kier molecular flexibility index (Phi) is 8.73. The normalized spacial score (nSPS) is 28.9. The summed E-state index contributed by atoms with van der Waals surface area (Å²) in [5.74, 6) is -0.904. The first-order chi connectivity index (χ1) is 18.6. The zero-order valence-corrected chi connectivity index (χ0v) is 22.7. The van der Waals surface area contributed by atoms with Crippen LogP contribution in [-0.2, 0) is 39.0 Å². The fourth-order valence-electron chi connectivity index (χ4n) is 5.49. The number of nitrogens with zero attached hydrogens (tertiary/aromatic N) is 4. The topological polar surface area (TPSA) is 264 Å². The lowest BCUT2D eigenvalue weighted by Gasteiger charge is -2.32. The molecule has 0 aromatic rings. The van der Waals surface area contributed by atoms with E-state index < -0.39 is 62.9 Å². The van der Waals surface area contributed by atoms with Crippen LogP contribution >= 0.6 is 0 Å². The van der Waals surface area contributed by atoms with Crippen molar-refractivity contribution in [2.75, 3.05) is 26.2 Å². The van der Waals surface area contributed by atoms with Crippen molar-refractivity contribution in [2.24, 2.45) is 5.73 Å². The molecule has 5 rings (SSSR count). The van der Waals surface area contributed by atoms with Gasteiger partial charge in [-0.15, -0.1) is 0 Å². The Labute approximate surface area is 229 Å². The van der Waals surface area contributed by atoms with Crippen molar-refractivity contribution in [1.29, 1.82) is 0 Å². The van der Waals surface area contributed by atoms with Crippen LogP contribution in [0.15, 0.2) is 0 Å². The van der Waals surface area contributed by atoms with Crippen molar-refractivity contribution in [2.45, 2.75) is 68.7 Å². The van der Waals surface area contributed by atoms with Crippen LogP contribution in [0.5, 0.6) is 0 Å². The number of hydrogen-bond acceptors (Lipinski definition) is 13. The maximum absolute atomic E-state index is 12.4. The molecule has 226 valence electrons. The number of hydrogen-bond donors (Lipinski definition) is 3. The summed E-state index contributed by atoms with van der Waals surface area (Å²) in [7, 11) is -10.0. The minimum Gasteiger partial charge on any atom is -0.724 e. The molecule has 0 radical (unpaired) electrons. The molecule has 19 nitrogen and oxygen atoms in total.